The summed E-state index contributed by atoms with van der Waals surface area (Å²) in [6, 6.07) is 0. The predicted octanol–water partition coefficient (Wildman–Crippen LogP) is 21.8. The Bertz CT molecular complexity index is 1260. The highest BCUT2D eigenvalue weighted by molar-refractivity contribution is 7.47. The maximum absolute atomic E-state index is 12.9. The number of phosphoric ester groups is 1. The third-order valence-electron chi connectivity index (χ3n) is 15.9. The number of nitrogens with zero attached hydrogens (tertiary/aromatic N) is 1. The second-order valence-electron chi connectivity index (χ2n) is 24.9. The summed E-state index contributed by atoms with van der Waals surface area (Å²) >= 11 is 0. The number of esters is 2. The molecule has 0 saturated carbocycles. The van der Waals surface area contributed by atoms with Crippen LogP contribution in [0.25, 0.3) is 0 Å². The van der Waals surface area contributed by atoms with Crippen molar-refractivity contribution in [2.45, 2.75) is 373 Å². The van der Waals surface area contributed by atoms with Crippen LogP contribution in [0.5, 0.6) is 0 Å². The van der Waals surface area contributed by atoms with Gasteiger partial charge >= 0.3 is 19.8 Å². The van der Waals surface area contributed by atoms with E-state index < -0.39 is 26.5 Å². The predicted molar refractivity (Wildman–Crippen MR) is 331 cm³/mol. The van der Waals surface area contributed by atoms with Crippen LogP contribution in [0.1, 0.15) is 367 Å². The molecule has 0 spiro atoms. The van der Waals surface area contributed by atoms with Crippen LogP contribution in [0, 0.1) is 0 Å². The van der Waals surface area contributed by atoms with Gasteiger partial charge in [-0.1, -0.05) is 341 Å². The van der Waals surface area contributed by atoms with Crippen molar-refractivity contribution in [3.8, 4) is 0 Å². The molecule has 0 heterocycles. The molecule has 0 aromatic rings. The molecule has 0 amide bonds. The van der Waals surface area contributed by atoms with Gasteiger partial charge in [0.05, 0.1) is 27.7 Å². The number of carbonyl (C=O) groups is 2. The lowest BCUT2D eigenvalue weighted by Gasteiger charge is -2.24. The highest BCUT2D eigenvalue weighted by atomic mass is 31.2. The van der Waals surface area contributed by atoms with Crippen molar-refractivity contribution in [3.63, 3.8) is 0 Å². The molecule has 0 radical (unpaired) electrons. The highest BCUT2D eigenvalue weighted by Crippen LogP contribution is 2.43. The number of phosphoric acid groups is 1. The molecule has 0 rings (SSSR count). The van der Waals surface area contributed by atoms with Gasteiger partial charge in [0, 0.05) is 12.8 Å². The molecule has 2 atom stereocenters. The van der Waals surface area contributed by atoms with Crippen molar-refractivity contribution in [3.05, 3.63) is 0 Å². The van der Waals surface area contributed by atoms with Crippen LogP contribution in [0.3, 0.4) is 0 Å². The zero-order valence-corrected chi connectivity index (χ0v) is 53.4. The lowest BCUT2D eigenvalue weighted by atomic mass is 10.0. The zero-order valence-electron chi connectivity index (χ0n) is 52.5. The molecule has 0 aliphatic carbocycles. The fourth-order valence-corrected chi connectivity index (χ4v) is 11.4. The van der Waals surface area contributed by atoms with Crippen LogP contribution < -0.4 is 0 Å². The Morgan fingerprint density at radius 1 is 0.351 bits per heavy atom. The van der Waals surface area contributed by atoms with Gasteiger partial charge in [0.1, 0.15) is 19.8 Å². The van der Waals surface area contributed by atoms with Crippen molar-refractivity contribution in [2.24, 2.45) is 0 Å². The highest BCUT2D eigenvalue weighted by Gasteiger charge is 2.27. The van der Waals surface area contributed by atoms with Crippen LogP contribution in [0.4, 0.5) is 0 Å². The first kappa shape index (κ1) is 76.0. The first-order valence-corrected chi connectivity index (χ1v) is 35.8. The number of unbranched alkanes of at least 4 members (excludes halogenated alkanes) is 51. The van der Waals surface area contributed by atoms with Crippen LogP contribution in [-0.4, -0.2) is 74.9 Å². The van der Waals surface area contributed by atoms with Gasteiger partial charge in [-0.25, -0.2) is 4.57 Å². The lowest BCUT2D eigenvalue weighted by molar-refractivity contribution is -0.870. The smallest absolute Gasteiger partial charge is 0.462 e. The largest absolute Gasteiger partial charge is 0.472 e. The number of hydrogen-bond donors (Lipinski definition) is 1. The summed E-state index contributed by atoms with van der Waals surface area (Å²) in [6.07, 6.45) is 70.7. The first-order chi connectivity index (χ1) is 37.5. The third-order valence-corrected chi connectivity index (χ3v) is 16.9. The van der Waals surface area contributed by atoms with Crippen molar-refractivity contribution in [2.75, 3.05) is 47.5 Å². The Labute approximate surface area is 480 Å². The fourth-order valence-electron chi connectivity index (χ4n) is 10.6. The summed E-state index contributed by atoms with van der Waals surface area (Å²) in [5.74, 6) is -0.768. The maximum atomic E-state index is 12.9. The van der Waals surface area contributed by atoms with Gasteiger partial charge in [-0.15, -0.1) is 0 Å². The second kappa shape index (κ2) is 59.6. The topological polar surface area (TPSA) is 108 Å². The van der Waals surface area contributed by atoms with E-state index in [-0.39, 0.29) is 25.6 Å². The minimum atomic E-state index is -4.38. The molecule has 0 bridgehead atoms. The molecule has 77 heavy (non-hydrogen) atoms. The summed E-state index contributed by atoms with van der Waals surface area (Å²) in [4.78, 5) is 35.8. The fraction of sp³-hybridized carbons (Fsp3) is 0.970. The van der Waals surface area contributed by atoms with Gasteiger partial charge in [0.25, 0.3) is 0 Å². The van der Waals surface area contributed by atoms with Gasteiger partial charge < -0.3 is 18.9 Å². The van der Waals surface area contributed by atoms with Gasteiger partial charge in [0.2, 0.25) is 0 Å². The number of likely N-dealkylation sites (N-methyl/N-ethyl adjacent to an activating group) is 1. The van der Waals surface area contributed by atoms with E-state index in [0.29, 0.717) is 17.4 Å². The van der Waals surface area contributed by atoms with E-state index in [9.17, 15) is 19.0 Å². The standard InChI is InChI=1S/C67H134NO8P/c1-6-8-10-12-14-16-18-20-22-24-26-28-30-31-32-33-34-35-36-38-40-42-44-46-48-50-52-54-56-58-60-67(70)76-65(64-75-77(71,72)74-62-61-68(3,4)5)63-73-66(69)59-57-55-53-51-49-47-45-43-41-39-37-29-27-25-23-21-19-17-15-13-11-9-7-2/h65H,6-64H2,1-5H3/p+1. The molecule has 0 fully saturated rings. The van der Waals surface area contributed by atoms with E-state index in [0.717, 1.165) is 38.5 Å². The first-order valence-electron chi connectivity index (χ1n) is 34.3. The Morgan fingerprint density at radius 3 is 0.831 bits per heavy atom. The van der Waals surface area contributed by atoms with E-state index >= 15 is 0 Å². The number of quaternary nitrogens is 1. The number of rotatable bonds is 65. The molecule has 0 aliphatic rings. The molecular formula is C67H135NO8P+. The maximum Gasteiger partial charge on any atom is 0.472 e. The average molecular weight is 1110 g/mol. The molecule has 0 aromatic heterocycles. The molecule has 0 aliphatic heterocycles. The van der Waals surface area contributed by atoms with Crippen LogP contribution in [0.2, 0.25) is 0 Å². The summed E-state index contributed by atoms with van der Waals surface area (Å²) < 4.78 is 34.7. The van der Waals surface area contributed by atoms with E-state index in [1.165, 1.54) is 302 Å². The normalized spacial score (nSPS) is 13.1. The summed E-state index contributed by atoms with van der Waals surface area (Å²) in [5.41, 5.74) is 0. The zero-order chi connectivity index (χ0) is 56.3. The lowest BCUT2D eigenvalue weighted by Crippen LogP contribution is -2.37. The summed E-state index contributed by atoms with van der Waals surface area (Å²) in [6.45, 7) is 4.53. The van der Waals surface area contributed by atoms with Gasteiger partial charge in [-0.2, -0.15) is 0 Å². The van der Waals surface area contributed by atoms with Crippen molar-refractivity contribution in [1.82, 2.24) is 0 Å². The third kappa shape index (κ3) is 64.1. The van der Waals surface area contributed by atoms with Crippen molar-refractivity contribution in [1.29, 1.82) is 0 Å². The van der Waals surface area contributed by atoms with Gasteiger partial charge in [-0.3, -0.25) is 18.6 Å². The monoisotopic (exact) mass is 1110 g/mol. The Kier molecular flexibility index (Phi) is 58.9. The SMILES string of the molecule is CCCCCCCCCCCCCCCCCCCCCCCCCCCCCCCCC(=O)OC(COC(=O)CCCCCCCCCCCCCCCCCCCCCCCCC)COP(=O)(O)OCC[N+](C)(C)C. The van der Waals surface area contributed by atoms with E-state index in [2.05, 4.69) is 13.8 Å². The Balaban J connectivity index is 3.98. The molecule has 460 valence electrons. The minimum absolute atomic E-state index is 0.0377. The summed E-state index contributed by atoms with van der Waals surface area (Å²) in [5, 5.41) is 0. The molecule has 9 nitrogen and oxygen atoms in total. The number of hydrogen-bond acceptors (Lipinski definition) is 7. The van der Waals surface area contributed by atoms with E-state index in [4.69, 9.17) is 18.5 Å². The molecule has 2 unspecified atom stereocenters. The van der Waals surface area contributed by atoms with Crippen LogP contribution in [0.15, 0.2) is 0 Å². The average Bonchev–Trinajstić information content (AvgIpc) is 3.39. The van der Waals surface area contributed by atoms with Crippen molar-refractivity contribution < 1.29 is 42.1 Å². The summed E-state index contributed by atoms with van der Waals surface area (Å²) in [7, 11) is 1.51. The molecule has 0 aromatic carbocycles. The molecular weight excluding hydrogens is 978 g/mol. The number of ether oxygens (including phenoxy) is 2. The Hall–Kier alpha value is -0.990. The second-order valence-corrected chi connectivity index (χ2v) is 26.4. The van der Waals surface area contributed by atoms with Crippen molar-refractivity contribution >= 4 is 19.8 Å². The quantitative estimate of drug-likeness (QED) is 0.0278. The van der Waals surface area contributed by atoms with Crippen LogP contribution in [-0.2, 0) is 32.7 Å². The van der Waals surface area contributed by atoms with E-state index in [1.807, 2.05) is 21.1 Å². The van der Waals surface area contributed by atoms with Crippen LogP contribution >= 0.6 is 7.82 Å². The molecule has 0 saturated heterocycles. The van der Waals surface area contributed by atoms with Gasteiger partial charge in [0.15, 0.2) is 6.10 Å². The van der Waals surface area contributed by atoms with E-state index in [1.54, 1.807) is 0 Å². The Morgan fingerprint density at radius 2 is 0.584 bits per heavy atom. The number of carbonyl (C=O) groups excluding carboxylic acids is 2. The van der Waals surface area contributed by atoms with Gasteiger partial charge in [-0.05, 0) is 12.8 Å². The molecule has 1 N–H and O–H groups in total. The minimum Gasteiger partial charge on any atom is -0.462 e. The molecule has 10 heteroatoms.